The van der Waals surface area contributed by atoms with Gasteiger partial charge in [0.2, 0.25) is 0 Å². The molecule has 2 aliphatic heterocycles. The summed E-state index contributed by atoms with van der Waals surface area (Å²) in [6, 6.07) is 0.573. The van der Waals surface area contributed by atoms with Crippen LogP contribution in [0.2, 0.25) is 0 Å². The molecule has 0 aromatic heterocycles. The van der Waals surface area contributed by atoms with E-state index in [0.717, 1.165) is 30.9 Å². The Bertz CT molecular complexity index is 393. The number of hydrogen-bond donors (Lipinski definition) is 2. The second-order valence-corrected chi connectivity index (χ2v) is 8.54. The van der Waals surface area contributed by atoms with Crippen LogP contribution in [-0.4, -0.2) is 74.2 Å². The smallest absolute Gasteiger partial charge is 0.191 e. The second-order valence-electron chi connectivity index (χ2n) is 8.54. The predicted octanol–water partition coefficient (Wildman–Crippen LogP) is 2.78. The van der Waals surface area contributed by atoms with Crippen molar-refractivity contribution in [2.45, 2.75) is 65.8 Å². The summed E-state index contributed by atoms with van der Waals surface area (Å²) in [4.78, 5) is 10.0. The van der Waals surface area contributed by atoms with Crippen LogP contribution in [0.5, 0.6) is 0 Å². The lowest BCUT2D eigenvalue weighted by Crippen LogP contribution is -2.49. The number of piperidine rings is 2. The summed E-state index contributed by atoms with van der Waals surface area (Å²) in [5, 5.41) is 7.13. The maximum atomic E-state index is 4.88. The molecule has 2 aliphatic rings. The van der Waals surface area contributed by atoms with Crippen LogP contribution in [0.25, 0.3) is 0 Å². The Labute approximate surface area is 162 Å². The Morgan fingerprint density at radius 3 is 2.23 bits per heavy atom. The molecule has 5 heteroatoms. The standard InChI is InChI=1S/C21H43N5/c1-5-22-21(23-12-7-19-8-13-25(6-2)14-9-19)24-20-10-15-26(16-11-20)17-18(3)4/h18-20H,5-17H2,1-4H3,(H2,22,23,24). The van der Waals surface area contributed by atoms with Crippen LogP contribution >= 0.6 is 0 Å². The Morgan fingerprint density at radius 1 is 1.00 bits per heavy atom. The van der Waals surface area contributed by atoms with Gasteiger partial charge in [0.25, 0.3) is 0 Å². The number of aliphatic imine (C=N–C) groups is 1. The Kier molecular flexibility index (Phi) is 9.76. The Balaban J connectivity index is 1.70. The van der Waals surface area contributed by atoms with Gasteiger partial charge in [-0.25, -0.2) is 0 Å². The quantitative estimate of drug-likeness (QED) is 0.513. The van der Waals surface area contributed by atoms with Crippen LogP contribution in [0.15, 0.2) is 4.99 Å². The number of rotatable bonds is 8. The molecule has 0 atom stereocenters. The van der Waals surface area contributed by atoms with E-state index in [1.165, 1.54) is 71.4 Å². The number of hydrogen-bond acceptors (Lipinski definition) is 3. The molecule has 0 aromatic carbocycles. The van der Waals surface area contributed by atoms with Gasteiger partial charge in [-0.1, -0.05) is 20.8 Å². The first-order valence-corrected chi connectivity index (χ1v) is 11.1. The van der Waals surface area contributed by atoms with E-state index in [9.17, 15) is 0 Å². The zero-order chi connectivity index (χ0) is 18.8. The first kappa shape index (κ1) is 21.5. The fourth-order valence-corrected chi connectivity index (χ4v) is 4.24. The Morgan fingerprint density at radius 2 is 1.65 bits per heavy atom. The van der Waals surface area contributed by atoms with Crippen molar-refractivity contribution in [3.05, 3.63) is 0 Å². The molecule has 2 rings (SSSR count). The van der Waals surface area contributed by atoms with Gasteiger partial charge >= 0.3 is 0 Å². The topological polar surface area (TPSA) is 42.9 Å². The number of nitrogens with one attached hydrogen (secondary N) is 2. The van der Waals surface area contributed by atoms with Gasteiger partial charge in [-0.15, -0.1) is 0 Å². The molecular formula is C21H43N5. The molecule has 0 bridgehead atoms. The average Bonchev–Trinajstić information content (AvgIpc) is 2.63. The normalized spacial score (nSPS) is 22.1. The fourth-order valence-electron chi connectivity index (χ4n) is 4.24. The van der Waals surface area contributed by atoms with E-state index < -0.39 is 0 Å². The third-order valence-electron chi connectivity index (χ3n) is 5.86. The van der Waals surface area contributed by atoms with Crippen LogP contribution in [0.4, 0.5) is 0 Å². The molecule has 26 heavy (non-hydrogen) atoms. The highest BCUT2D eigenvalue weighted by Gasteiger charge is 2.21. The van der Waals surface area contributed by atoms with Crippen molar-refractivity contribution in [3.63, 3.8) is 0 Å². The van der Waals surface area contributed by atoms with Crippen molar-refractivity contribution >= 4 is 5.96 Å². The SMILES string of the molecule is CCNC(=NCCC1CCN(CC)CC1)NC1CCN(CC(C)C)CC1. The van der Waals surface area contributed by atoms with Gasteiger partial charge in [-0.05, 0) is 70.5 Å². The highest BCUT2D eigenvalue weighted by Crippen LogP contribution is 2.20. The molecule has 0 unspecified atom stereocenters. The van der Waals surface area contributed by atoms with Crippen molar-refractivity contribution in [1.82, 2.24) is 20.4 Å². The highest BCUT2D eigenvalue weighted by molar-refractivity contribution is 5.80. The van der Waals surface area contributed by atoms with Gasteiger partial charge in [0.05, 0.1) is 0 Å². The van der Waals surface area contributed by atoms with Crippen molar-refractivity contribution in [2.24, 2.45) is 16.8 Å². The van der Waals surface area contributed by atoms with Gasteiger partial charge in [0.1, 0.15) is 0 Å². The largest absolute Gasteiger partial charge is 0.357 e. The van der Waals surface area contributed by atoms with Crippen molar-refractivity contribution in [1.29, 1.82) is 0 Å². The minimum absolute atomic E-state index is 0.573. The minimum Gasteiger partial charge on any atom is -0.357 e. The molecule has 2 fully saturated rings. The average molecular weight is 366 g/mol. The summed E-state index contributed by atoms with van der Waals surface area (Å²) in [6.07, 6.45) is 6.39. The molecule has 0 radical (unpaired) electrons. The summed E-state index contributed by atoms with van der Waals surface area (Å²) in [5.74, 6) is 2.66. The lowest BCUT2D eigenvalue weighted by molar-refractivity contribution is 0.186. The van der Waals surface area contributed by atoms with Crippen LogP contribution in [0.1, 0.15) is 59.8 Å². The maximum absolute atomic E-state index is 4.88. The lowest BCUT2D eigenvalue weighted by atomic mass is 9.94. The van der Waals surface area contributed by atoms with E-state index in [2.05, 4.69) is 48.1 Å². The van der Waals surface area contributed by atoms with Crippen LogP contribution < -0.4 is 10.6 Å². The van der Waals surface area contributed by atoms with E-state index in [1.807, 2.05) is 0 Å². The second kappa shape index (κ2) is 11.8. The molecule has 2 N–H and O–H groups in total. The monoisotopic (exact) mass is 365 g/mol. The zero-order valence-electron chi connectivity index (χ0n) is 17.8. The molecule has 0 aliphatic carbocycles. The molecule has 152 valence electrons. The molecular weight excluding hydrogens is 322 g/mol. The Hall–Kier alpha value is -0.810. The summed E-state index contributed by atoms with van der Waals surface area (Å²) >= 11 is 0. The van der Waals surface area contributed by atoms with Gasteiger partial charge in [0.15, 0.2) is 5.96 Å². The third-order valence-corrected chi connectivity index (χ3v) is 5.86. The predicted molar refractivity (Wildman–Crippen MR) is 113 cm³/mol. The number of guanidine groups is 1. The van der Waals surface area contributed by atoms with E-state index >= 15 is 0 Å². The molecule has 2 heterocycles. The van der Waals surface area contributed by atoms with Crippen LogP contribution in [-0.2, 0) is 0 Å². The third kappa shape index (κ3) is 7.83. The minimum atomic E-state index is 0.573. The summed E-state index contributed by atoms with van der Waals surface area (Å²) in [6.45, 7) is 18.4. The molecule has 0 saturated carbocycles. The summed E-state index contributed by atoms with van der Waals surface area (Å²) in [7, 11) is 0. The van der Waals surface area contributed by atoms with E-state index in [4.69, 9.17) is 4.99 Å². The highest BCUT2D eigenvalue weighted by atomic mass is 15.2. The first-order chi connectivity index (χ1) is 12.6. The molecule has 0 aromatic rings. The van der Waals surface area contributed by atoms with Gasteiger partial charge in [-0.2, -0.15) is 0 Å². The summed E-state index contributed by atoms with van der Waals surface area (Å²) in [5.41, 5.74) is 0. The van der Waals surface area contributed by atoms with Crippen molar-refractivity contribution in [3.8, 4) is 0 Å². The van der Waals surface area contributed by atoms with E-state index in [0.29, 0.717) is 6.04 Å². The first-order valence-electron chi connectivity index (χ1n) is 11.1. The zero-order valence-corrected chi connectivity index (χ0v) is 17.8. The number of likely N-dealkylation sites (tertiary alicyclic amines) is 2. The molecule has 0 amide bonds. The van der Waals surface area contributed by atoms with Gasteiger partial charge < -0.3 is 20.4 Å². The number of nitrogens with zero attached hydrogens (tertiary/aromatic N) is 3. The molecule has 5 nitrogen and oxygen atoms in total. The van der Waals surface area contributed by atoms with Gasteiger partial charge in [0, 0.05) is 38.8 Å². The van der Waals surface area contributed by atoms with E-state index in [-0.39, 0.29) is 0 Å². The van der Waals surface area contributed by atoms with Crippen molar-refractivity contribution < 1.29 is 0 Å². The lowest BCUT2D eigenvalue weighted by Gasteiger charge is -2.34. The van der Waals surface area contributed by atoms with Crippen LogP contribution in [0, 0.1) is 11.8 Å². The molecule has 0 spiro atoms. The fraction of sp³-hybridized carbons (Fsp3) is 0.952. The van der Waals surface area contributed by atoms with Crippen LogP contribution in [0.3, 0.4) is 0 Å². The van der Waals surface area contributed by atoms with Gasteiger partial charge in [-0.3, -0.25) is 4.99 Å². The summed E-state index contributed by atoms with van der Waals surface area (Å²) < 4.78 is 0. The maximum Gasteiger partial charge on any atom is 0.191 e. The molecule has 2 saturated heterocycles. The van der Waals surface area contributed by atoms with E-state index in [1.54, 1.807) is 0 Å². The van der Waals surface area contributed by atoms with Crippen molar-refractivity contribution in [2.75, 3.05) is 52.4 Å².